The molecule has 3 N–H and O–H groups in total. The van der Waals surface area contributed by atoms with Crippen LogP contribution in [0.25, 0.3) is 11.3 Å². The van der Waals surface area contributed by atoms with Gasteiger partial charge in [-0.05, 0) is 43.2 Å². The van der Waals surface area contributed by atoms with Crippen LogP contribution in [0.1, 0.15) is 25.7 Å². The van der Waals surface area contributed by atoms with Crippen molar-refractivity contribution in [2.45, 2.75) is 25.7 Å². The number of hydrogen-bond acceptors (Lipinski definition) is 5. The van der Waals surface area contributed by atoms with E-state index in [1.165, 1.54) is 18.9 Å². The van der Waals surface area contributed by atoms with Crippen molar-refractivity contribution in [2.75, 3.05) is 11.1 Å². The van der Waals surface area contributed by atoms with Crippen molar-refractivity contribution in [3.63, 3.8) is 0 Å². The minimum absolute atomic E-state index is 0.554. The molecule has 0 saturated heterocycles. The van der Waals surface area contributed by atoms with Gasteiger partial charge in [-0.2, -0.15) is 5.10 Å². The third-order valence-corrected chi connectivity index (χ3v) is 4.21. The van der Waals surface area contributed by atoms with Crippen molar-refractivity contribution in [3.05, 3.63) is 55.0 Å². The average molecular weight is 319 g/mol. The van der Waals surface area contributed by atoms with E-state index in [-0.39, 0.29) is 0 Å². The zero-order valence-corrected chi connectivity index (χ0v) is 13.3. The van der Waals surface area contributed by atoms with Crippen molar-refractivity contribution < 1.29 is 0 Å². The molecule has 0 unspecified atom stereocenters. The van der Waals surface area contributed by atoms with Crippen LogP contribution >= 0.6 is 0 Å². The second kappa shape index (κ2) is 6.31. The number of nitrogens with zero attached hydrogens (tertiary/aromatic N) is 4. The van der Waals surface area contributed by atoms with Gasteiger partial charge in [-0.1, -0.05) is 12.8 Å². The first-order valence-electron chi connectivity index (χ1n) is 8.14. The van der Waals surface area contributed by atoms with Gasteiger partial charge < -0.3 is 11.1 Å². The van der Waals surface area contributed by atoms with Gasteiger partial charge in [-0.25, -0.2) is 9.97 Å². The molecule has 1 aliphatic carbocycles. The number of anilines is 3. The van der Waals surface area contributed by atoms with Gasteiger partial charge in [-0.15, -0.1) is 0 Å². The van der Waals surface area contributed by atoms with E-state index in [4.69, 9.17) is 5.73 Å². The molecule has 1 aliphatic rings. The second-order valence-corrected chi connectivity index (χ2v) is 5.96. The van der Waals surface area contributed by atoms with Crippen molar-refractivity contribution in [2.24, 2.45) is 0 Å². The molecule has 121 valence electrons. The van der Waals surface area contributed by atoms with E-state index in [9.17, 15) is 0 Å². The Balaban J connectivity index is 1.54. The van der Waals surface area contributed by atoms with Crippen LogP contribution in [0.4, 0.5) is 17.3 Å². The molecule has 6 nitrogen and oxygen atoms in total. The predicted octanol–water partition coefficient (Wildman–Crippen LogP) is 3.62. The van der Waals surface area contributed by atoms with E-state index < -0.39 is 0 Å². The van der Waals surface area contributed by atoms with Crippen LogP contribution in [0, 0.1) is 6.04 Å². The summed E-state index contributed by atoms with van der Waals surface area (Å²) in [5.74, 6) is 0.554. The van der Waals surface area contributed by atoms with Crippen molar-refractivity contribution in [1.29, 1.82) is 0 Å². The van der Waals surface area contributed by atoms with Gasteiger partial charge >= 0.3 is 0 Å². The molecule has 0 atom stereocenters. The topological polar surface area (TPSA) is 81.6 Å². The highest BCUT2D eigenvalue weighted by Gasteiger charge is 2.19. The van der Waals surface area contributed by atoms with Gasteiger partial charge in [0.15, 0.2) is 0 Å². The summed E-state index contributed by atoms with van der Waals surface area (Å²) in [6, 6.07) is 10.8. The van der Waals surface area contributed by atoms with Gasteiger partial charge in [0, 0.05) is 29.3 Å². The number of nitrogen functional groups attached to an aromatic ring is 1. The van der Waals surface area contributed by atoms with Gasteiger partial charge in [0.25, 0.3) is 0 Å². The zero-order chi connectivity index (χ0) is 16.4. The lowest BCUT2D eigenvalue weighted by atomic mass is 10.2. The van der Waals surface area contributed by atoms with E-state index in [1.807, 2.05) is 41.2 Å². The number of nitrogens with one attached hydrogen (secondary N) is 1. The number of rotatable bonds is 4. The number of hydrogen-bond donors (Lipinski definition) is 2. The van der Waals surface area contributed by atoms with E-state index >= 15 is 0 Å². The first kappa shape index (κ1) is 14.7. The Bertz CT molecular complexity index is 818. The molecule has 1 saturated carbocycles. The van der Waals surface area contributed by atoms with Gasteiger partial charge in [0.1, 0.15) is 0 Å². The van der Waals surface area contributed by atoms with E-state index in [2.05, 4.69) is 26.6 Å². The average Bonchev–Trinajstić information content (AvgIpc) is 3.28. The predicted molar refractivity (Wildman–Crippen MR) is 94.5 cm³/mol. The molecule has 1 aromatic carbocycles. The van der Waals surface area contributed by atoms with E-state index in [1.54, 1.807) is 6.20 Å². The quantitative estimate of drug-likeness (QED) is 0.718. The maximum Gasteiger partial charge on any atom is 0.227 e. The van der Waals surface area contributed by atoms with Crippen LogP contribution in [0.3, 0.4) is 0 Å². The Morgan fingerprint density at radius 2 is 1.83 bits per heavy atom. The lowest BCUT2D eigenvalue weighted by Gasteiger charge is -2.07. The number of benzene rings is 1. The Labute approximate surface area is 140 Å². The lowest BCUT2D eigenvalue weighted by molar-refractivity contribution is 0.650. The van der Waals surface area contributed by atoms with Crippen LogP contribution in [0.5, 0.6) is 0 Å². The summed E-state index contributed by atoms with van der Waals surface area (Å²) in [7, 11) is 0. The van der Waals surface area contributed by atoms with Crippen molar-refractivity contribution in [1.82, 2.24) is 19.7 Å². The molecular formula is C18H19N6. The first-order valence-corrected chi connectivity index (χ1v) is 8.14. The highest BCUT2D eigenvalue weighted by Crippen LogP contribution is 2.29. The smallest absolute Gasteiger partial charge is 0.227 e. The maximum atomic E-state index is 5.70. The van der Waals surface area contributed by atoms with Crippen molar-refractivity contribution >= 4 is 17.3 Å². The molecule has 0 spiro atoms. The van der Waals surface area contributed by atoms with Crippen molar-refractivity contribution in [3.8, 4) is 11.3 Å². The fourth-order valence-electron chi connectivity index (χ4n) is 2.92. The lowest BCUT2D eigenvalue weighted by Crippen LogP contribution is -2.05. The number of aromatic nitrogens is 4. The Hall–Kier alpha value is -2.89. The highest BCUT2D eigenvalue weighted by atomic mass is 15.3. The molecule has 2 aromatic heterocycles. The molecule has 0 aliphatic heterocycles. The SMILES string of the molecule is Nc1ccc(Nc2nccc(-c3cnn([C]4CCCC4)c3)n2)cc1. The molecule has 24 heavy (non-hydrogen) atoms. The fourth-order valence-corrected chi connectivity index (χ4v) is 2.92. The fraction of sp³-hybridized carbons (Fsp3) is 0.222. The van der Waals surface area contributed by atoms with Gasteiger partial charge in [-0.3, -0.25) is 4.68 Å². The molecule has 1 radical (unpaired) electrons. The summed E-state index contributed by atoms with van der Waals surface area (Å²) in [5.41, 5.74) is 9.19. The molecular weight excluding hydrogens is 300 g/mol. The Morgan fingerprint density at radius 3 is 2.62 bits per heavy atom. The largest absolute Gasteiger partial charge is 0.399 e. The normalized spacial score (nSPS) is 14.8. The second-order valence-electron chi connectivity index (χ2n) is 5.96. The van der Waals surface area contributed by atoms with Crippen LogP contribution in [0.15, 0.2) is 48.9 Å². The van der Waals surface area contributed by atoms with Crippen LogP contribution in [0.2, 0.25) is 0 Å². The van der Waals surface area contributed by atoms with E-state index in [0.29, 0.717) is 5.95 Å². The highest BCUT2D eigenvalue weighted by molar-refractivity contribution is 5.61. The Morgan fingerprint density at radius 1 is 1.04 bits per heavy atom. The standard InChI is InChI=1S/C18H19N6/c19-14-5-7-15(8-6-14)22-18-20-10-9-17(23-18)13-11-21-24(12-13)16-3-1-2-4-16/h5-12H,1-4,19H2,(H,20,22,23). The molecule has 0 bridgehead atoms. The molecule has 2 heterocycles. The molecule has 6 heteroatoms. The van der Waals surface area contributed by atoms with Gasteiger partial charge in [0.05, 0.1) is 17.9 Å². The summed E-state index contributed by atoms with van der Waals surface area (Å²) < 4.78 is 2.00. The van der Waals surface area contributed by atoms with Crippen LogP contribution in [-0.4, -0.2) is 19.7 Å². The molecule has 3 aromatic rings. The summed E-state index contributed by atoms with van der Waals surface area (Å²) in [4.78, 5) is 8.87. The minimum atomic E-state index is 0.554. The third kappa shape index (κ3) is 3.08. The zero-order valence-electron chi connectivity index (χ0n) is 13.3. The summed E-state index contributed by atoms with van der Waals surface area (Å²) in [6.45, 7) is 0. The monoisotopic (exact) mass is 319 g/mol. The van der Waals surface area contributed by atoms with Crippen LogP contribution in [-0.2, 0) is 0 Å². The van der Waals surface area contributed by atoms with E-state index in [0.717, 1.165) is 35.5 Å². The first-order chi connectivity index (χ1) is 11.8. The molecule has 4 rings (SSSR count). The summed E-state index contributed by atoms with van der Waals surface area (Å²) in [6.07, 6.45) is 10.4. The van der Waals surface area contributed by atoms with Gasteiger partial charge in [0.2, 0.25) is 5.95 Å². The van der Waals surface area contributed by atoms with Crippen LogP contribution < -0.4 is 11.1 Å². The Kier molecular flexibility index (Phi) is 3.86. The molecule has 0 amide bonds. The molecule has 1 fully saturated rings. The third-order valence-electron chi connectivity index (χ3n) is 4.21. The minimum Gasteiger partial charge on any atom is -0.399 e. The summed E-state index contributed by atoms with van der Waals surface area (Å²) in [5, 5.41) is 7.68. The summed E-state index contributed by atoms with van der Waals surface area (Å²) >= 11 is 0. The number of nitrogens with two attached hydrogens (primary N) is 1. The maximum absolute atomic E-state index is 5.70.